The molecule has 3 atom stereocenters. The van der Waals surface area contributed by atoms with Gasteiger partial charge in [-0.15, -0.1) is 0 Å². The van der Waals surface area contributed by atoms with Crippen LogP contribution in [0.3, 0.4) is 0 Å². The predicted molar refractivity (Wildman–Crippen MR) is 89.2 cm³/mol. The molecule has 0 radical (unpaired) electrons. The van der Waals surface area contributed by atoms with Crippen molar-refractivity contribution in [1.29, 1.82) is 0 Å². The molecule has 0 saturated heterocycles. The number of benzene rings is 2. The number of halogens is 3. The number of para-hydroxylation sites is 1. The van der Waals surface area contributed by atoms with Gasteiger partial charge in [0.15, 0.2) is 0 Å². The Morgan fingerprint density at radius 2 is 1.95 bits per heavy atom. The lowest BCUT2D eigenvalue weighted by Crippen LogP contribution is -2.29. The summed E-state index contributed by atoms with van der Waals surface area (Å²) in [6, 6.07) is 10.9. The predicted octanol–water partition coefficient (Wildman–Crippen LogP) is 5.96. The van der Waals surface area contributed by atoms with Crippen LogP contribution in [-0.4, -0.2) is 0 Å². The van der Waals surface area contributed by atoms with E-state index in [1.807, 2.05) is 18.2 Å². The van der Waals surface area contributed by atoms with Crippen LogP contribution in [-0.2, 0) is 0 Å². The van der Waals surface area contributed by atoms with E-state index in [9.17, 15) is 4.39 Å². The highest BCUT2D eigenvalue weighted by atomic mass is 35.5. The molecule has 4 heteroatoms. The van der Waals surface area contributed by atoms with Crippen LogP contribution in [0.15, 0.2) is 48.6 Å². The summed E-state index contributed by atoms with van der Waals surface area (Å²) in [5.41, 5.74) is 2.68. The summed E-state index contributed by atoms with van der Waals surface area (Å²) in [5, 5.41) is 4.45. The van der Waals surface area contributed by atoms with Crippen LogP contribution in [0.5, 0.6) is 0 Å². The third-order valence-corrected chi connectivity index (χ3v) is 5.39. The fourth-order valence-electron chi connectivity index (χ4n) is 3.62. The van der Waals surface area contributed by atoms with E-state index >= 15 is 0 Å². The lowest BCUT2D eigenvalue weighted by Gasteiger charge is -2.37. The first-order valence-electron chi connectivity index (χ1n) is 7.31. The maximum Gasteiger partial charge on any atom is 0.146 e. The molecule has 1 nitrogen and oxygen atoms in total. The lowest BCUT2D eigenvalue weighted by atomic mass is 9.77. The van der Waals surface area contributed by atoms with Gasteiger partial charge in [-0.3, -0.25) is 0 Å². The van der Waals surface area contributed by atoms with E-state index in [1.54, 1.807) is 12.1 Å². The number of nitrogens with one attached hydrogen (secondary N) is 1. The average Bonchev–Trinajstić information content (AvgIpc) is 3.00. The number of hydrogen-bond acceptors (Lipinski definition) is 1. The van der Waals surface area contributed by atoms with E-state index in [0.717, 1.165) is 17.5 Å². The zero-order valence-corrected chi connectivity index (χ0v) is 13.2. The molecule has 1 N–H and O–H groups in total. The molecule has 0 fully saturated rings. The molecule has 2 aromatic carbocycles. The second kappa shape index (κ2) is 5.29. The minimum Gasteiger partial charge on any atom is -0.375 e. The Morgan fingerprint density at radius 3 is 2.77 bits per heavy atom. The Balaban J connectivity index is 1.82. The molecule has 4 rings (SSSR count). The molecule has 2 aliphatic rings. The molecule has 0 amide bonds. The van der Waals surface area contributed by atoms with Crippen molar-refractivity contribution in [2.45, 2.75) is 18.4 Å². The zero-order chi connectivity index (χ0) is 15.3. The minimum atomic E-state index is -0.207. The standard InChI is InChI=1S/C18H14Cl2FN/c19-14-8-7-10(9-15(14)20)17-12-4-1-3-11(12)13-5-2-6-16(21)18(13)22-17/h1-3,5-9,11-12,17,22H,4H2. The molecule has 1 aliphatic carbocycles. The summed E-state index contributed by atoms with van der Waals surface area (Å²) in [6.45, 7) is 0. The Kier molecular flexibility index (Phi) is 3.39. The Hall–Kier alpha value is -1.51. The summed E-state index contributed by atoms with van der Waals surface area (Å²) >= 11 is 12.2. The van der Waals surface area contributed by atoms with Crippen LogP contribution in [0.2, 0.25) is 10.0 Å². The van der Waals surface area contributed by atoms with Crippen LogP contribution >= 0.6 is 23.2 Å². The van der Waals surface area contributed by atoms with Crippen molar-refractivity contribution in [2.24, 2.45) is 5.92 Å². The van der Waals surface area contributed by atoms with Gasteiger partial charge in [-0.2, -0.15) is 0 Å². The van der Waals surface area contributed by atoms with Gasteiger partial charge in [-0.25, -0.2) is 4.39 Å². The van der Waals surface area contributed by atoms with Gasteiger partial charge in [0.05, 0.1) is 21.8 Å². The van der Waals surface area contributed by atoms with Gasteiger partial charge in [0.2, 0.25) is 0 Å². The zero-order valence-electron chi connectivity index (χ0n) is 11.7. The first kappa shape index (κ1) is 14.1. The smallest absolute Gasteiger partial charge is 0.146 e. The molecule has 0 spiro atoms. The van der Waals surface area contributed by atoms with Gasteiger partial charge in [-0.05, 0) is 41.7 Å². The normalized spacial score (nSPS) is 25.5. The van der Waals surface area contributed by atoms with Gasteiger partial charge in [0.25, 0.3) is 0 Å². The fraction of sp³-hybridized carbons (Fsp3) is 0.222. The molecule has 3 unspecified atom stereocenters. The van der Waals surface area contributed by atoms with Crippen LogP contribution in [0.25, 0.3) is 0 Å². The largest absolute Gasteiger partial charge is 0.375 e. The first-order valence-corrected chi connectivity index (χ1v) is 8.07. The van der Waals surface area contributed by atoms with Gasteiger partial charge in [0.1, 0.15) is 5.82 Å². The molecule has 22 heavy (non-hydrogen) atoms. The highest BCUT2D eigenvalue weighted by Gasteiger charge is 2.38. The van der Waals surface area contributed by atoms with Crippen molar-refractivity contribution >= 4 is 28.9 Å². The quantitative estimate of drug-likeness (QED) is 0.635. The number of anilines is 1. The van der Waals surface area contributed by atoms with Crippen molar-refractivity contribution in [3.8, 4) is 0 Å². The molecule has 0 saturated carbocycles. The molecule has 0 bridgehead atoms. The van der Waals surface area contributed by atoms with Crippen LogP contribution in [0, 0.1) is 11.7 Å². The number of allylic oxidation sites excluding steroid dienone is 2. The third-order valence-electron chi connectivity index (χ3n) is 4.65. The highest BCUT2D eigenvalue weighted by Crippen LogP contribution is 2.50. The SMILES string of the molecule is Fc1cccc2c1NC(c1ccc(Cl)c(Cl)c1)C1CC=CC21. The number of fused-ring (bicyclic) bond motifs is 3. The van der Waals surface area contributed by atoms with Crippen molar-refractivity contribution in [2.75, 3.05) is 5.32 Å². The second-order valence-electron chi connectivity index (χ2n) is 5.85. The molecular weight excluding hydrogens is 320 g/mol. The summed E-state index contributed by atoms with van der Waals surface area (Å²) < 4.78 is 14.2. The van der Waals surface area contributed by atoms with E-state index in [2.05, 4.69) is 17.5 Å². The monoisotopic (exact) mass is 333 g/mol. The van der Waals surface area contributed by atoms with Crippen molar-refractivity contribution in [3.63, 3.8) is 0 Å². The molecule has 1 aliphatic heterocycles. The number of hydrogen-bond donors (Lipinski definition) is 1. The summed E-state index contributed by atoms with van der Waals surface area (Å²) in [6.07, 6.45) is 5.34. The maximum atomic E-state index is 14.2. The number of rotatable bonds is 1. The van der Waals surface area contributed by atoms with Crippen LogP contribution < -0.4 is 5.32 Å². The van der Waals surface area contributed by atoms with Crippen molar-refractivity contribution in [3.05, 3.63) is 75.5 Å². The first-order chi connectivity index (χ1) is 10.6. The second-order valence-corrected chi connectivity index (χ2v) is 6.67. The highest BCUT2D eigenvalue weighted by molar-refractivity contribution is 6.42. The summed E-state index contributed by atoms with van der Waals surface area (Å²) in [4.78, 5) is 0. The lowest BCUT2D eigenvalue weighted by molar-refractivity contribution is 0.421. The maximum absolute atomic E-state index is 14.2. The Morgan fingerprint density at radius 1 is 1.09 bits per heavy atom. The third kappa shape index (κ3) is 2.13. The van der Waals surface area contributed by atoms with E-state index in [0.29, 0.717) is 21.7 Å². The van der Waals surface area contributed by atoms with Crippen molar-refractivity contribution < 1.29 is 4.39 Å². The Labute approximate surface area is 138 Å². The molecule has 112 valence electrons. The van der Waals surface area contributed by atoms with E-state index < -0.39 is 0 Å². The van der Waals surface area contributed by atoms with E-state index in [1.165, 1.54) is 6.07 Å². The topological polar surface area (TPSA) is 12.0 Å². The Bertz CT molecular complexity index is 772. The van der Waals surface area contributed by atoms with Crippen molar-refractivity contribution in [1.82, 2.24) is 0 Å². The van der Waals surface area contributed by atoms with Crippen LogP contribution in [0.1, 0.15) is 29.5 Å². The van der Waals surface area contributed by atoms with Gasteiger partial charge in [-0.1, -0.05) is 53.6 Å². The van der Waals surface area contributed by atoms with E-state index in [4.69, 9.17) is 23.2 Å². The van der Waals surface area contributed by atoms with E-state index in [-0.39, 0.29) is 17.8 Å². The van der Waals surface area contributed by atoms with Gasteiger partial charge < -0.3 is 5.32 Å². The summed E-state index contributed by atoms with van der Waals surface area (Å²) in [5.74, 6) is 0.402. The summed E-state index contributed by atoms with van der Waals surface area (Å²) in [7, 11) is 0. The fourth-order valence-corrected chi connectivity index (χ4v) is 3.93. The van der Waals surface area contributed by atoms with Gasteiger partial charge >= 0.3 is 0 Å². The minimum absolute atomic E-state index is 0.0270. The molecule has 0 aromatic heterocycles. The molecule has 2 aromatic rings. The van der Waals surface area contributed by atoms with Crippen LogP contribution in [0.4, 0.5) is 10.1 Å². The molecular formula is C18H14Cl2FN. The van der Waals surface area contributed by atoms with Gasteiger partial charge in [0, 0.05) is 5.92 Å². The molecule has 1 heterocycles. The average molecular weight is 334 g/mol.